The van der Waals surface area contributed by atoms with Crippen LogP contribution in [0.15, 0.2) is 18.2 Å². The first-order valence-electron chi connectivity index (χ1n) is 6.64. The zero-order valence-corrected chi connectivity index (χ0v) is 11.7. The van der Waals surface area contributed by atoms with Crippen LogP contribution in [0.4, 0.5) is 5.69 Å². The molecular formula is C14H19ClN2O2. The van der Waals surface area contributed by atoms with Gasteiger partial charge < -0.3 is 10.1 Å². The molecule has 5 heteroatoms. The molecule has 1 fully saturated rings. The summed E-state index contributed by atoms with van der Waals surface area (Å²) in [7, 11) is 0. The van der Waals surface area contributed by atoms with Gasteiger partial charge in [0.15, 0.2) is 0 Å². The van der Waals surface area contributed by atoms with Gasteiger partial charge in [-0.3, -0.25) is 9.69 Å². The second kappa shape index (κ2) is 7.36. The molecule has 1 heterocycles. The standard InChI is InChI=1S/C14H19ClN2O2/c15-13-10-12(16-11-18)4-5-14(13)19-9-8-17-6-2-1-3-7-17/h4-5,10-11H,1-3,6-9H2,(H,16,18). The Kier molecular flexibility index (Phi) is 5.48. The number of ether oxygens (including phenoxy) is 1. The van der Waals surface area contributed by atoms with Gasteiger partial charge in [0.25, 0.3) is 0 Å². The van der Waals surface area contributed by atoms with E-state index in [2.05, 4.69) is 10.2 Å². The first-order chi connectivity index (χ1) is 9.29. The lowest BCUT2D eigenvalue weighted by Crippen LogP contribution is -2.33. The fourth-order valence-corrected chi connectivity index (χ4v) is 2.48. The van der Waals surface area contributed by atoms with E-state index >= 15 is 0 Å². The van der Waals surface area contributed by atoms with Gasteiger partial charge in [-0.15, -0.1) is 0 Å². The first-order valence-corrected chi connectivity index (χ1v) is 7.02. The van der Waals surface area contributed by atoms with Gasteiger partial charge in [0.1, 0.15) is 12.4 Å². The van der Waals surface area contributed by atoms with Crippen LogP contribution in [0.1, 0.15) is 19.3 Å². The number of carbonyl (C=O) groups excluding carboxylic acids is 1. The van der Waals surface area contributed by atoms with E-state index in [1.54, 1.807) is 18.2 Å². The van der Waals surface area contributed by atoms with Gasteiger partial charge in [0, 0.05) is 12.2 Å². The molecule has 0 spiro atoms. The highest BCUT2D eigenvalue weighted by Gasteiger charge is 2.10. The molecule has 0 saturated carbocycles. The number of benzene rings is 1. The van der Waals surface area contributed by atoms with Crippen molar-refractivity contribution < 1.29 is 9.53 Å². The largest absolute Gasteiger partial charge is 0.491 e. The Bertz CT molecular complexity index is 420. The minimum atomic E-state index is 0.519. The highest BCUT2D eigenvalue weighted by molar-refractivity contribution is 6.32. The van der Waals surface area contributed by atoms with Crippen molar-refractivity contribution in [3.05, 3.63) is 23.2 Å². The SMILES string of the molecule is O=CNc1ccc(OCCN2CCCCC2)c(Cl)c1. The summed E-state index contributed by atoms with van der Waals surface area (Å²) in [6, 6.07) is 5.24. The van der Waals surface area contributed by atoms with E-state index in [-0.39, 0.29) is 0 Å². The minimum Gasteiger partial charge on any atom is -0.491 e. The number of piperidine rings is 1. The average Bonchev–Trinajstić information content (AvgIpc) is 2.43. The molecule has 1 N–H and O–H groups in total. The van der Waals surface area contributed by atoms with Crippen LogP contribution in [0.3, 0.4) is 0 Å². The van der Waals surface area contributed by atoms with Crippen LogP contribution < -0.4 is 10.1 Å². The van der Waals surface area contributed by atoms with Crippen molar-refractivity contribution in [2.45, 2.75) is 19.3 Å². The molecule has 0 atom stereocenters. The second-order valence-corrected chi connectivity index (χ2v) is 5.07. The third-order valence-corrected chi connectivity index (χ3v) is 3.57. The number of likely N-dealkylation sites (tertiary alicyclic amines) is 1. The van der Waals surface area contributed by atoms with Gasteiger partial charge in [-0.1, -0.05) is 18.0 Å². The zero-order chi connectivity index (χ0) is 13.5. The molecule has 0 bridgehead atoms. The molecular weight excluding hydrogens is 264 g/mol. The van der Waals surface area contributed by atoms with Crippen molar-refractivity contribution >= 4 is 23.7 Å². The van der Waals surface area contributed by atoms with E-state index in [0.717, 1.165) is 6.54 Å². The quantitative estimate of drug-likeness (QED) is 0.816. The lowest BCUT2D eigenvalue weighted by molar-refractivity contribution is -0.105. The molecule has 1 saturated heterocycles. The van der Waals surface area contributed by atoms with E-state index < -0.39 is 0 Å². The number of hydrogen-bond donors (Lipinski definition) is 1. The maximum Gasteiger partial charge on any atom is 0.211 e. The maximum atomic E-state index is 10.3. The van der Waals surface area contributed by atoms with Gasteiger partial charge in [0.2, 0.25) is 6.41 Å². The molecule has 1 aromatic rings. The summed E-state index contributed by atoms with van der Waals surface area (Å²) < 4.78 is 5.68. The summed E-state index contributed by atoms with van der Waals surface area (Å²) in [6.45, 7) is 3.91. The van der Waals surface area contributed by atoms with Crippen molar-refractivity contribution in [3.8, 4) is 5.75 Å². The Balaban J connectivity index is 1.80. The highest BCUT2D eigenvalue weighted by Crippen LogP contribution is 2.27. The van der Waals surface area contributed by atoms with Crippen LogP contribution in [0.5, 0.6) is 5.75 Å². The number of halogens is 1. The lowest BCUT2D eigenvalue weighted by Gasteiger charge is -2.26. The zero-order valence-electron chi connectivity index (χ0n) is 10.9. The fraction of sp³-hybridized carbons (Fsp3) is 0.500. The summed E-state index contributed by atoms with van der Waals surface area (Å²) >= 11 is 6.09. The predicted octanol–water partition coefficient (Wildman–Crippen LogP) is 2.77. The normalized spacial score (nSPS) is 16.1. The Hall–Kier alpha value is -1.26. The summed E-state index contributed by atoms with van der Waals surface area (Å²) in [4.78, 5) is 12.7. The second-order valence-electron chi connectivity index (χ2n) is 4.66. The van der Waals surface area contributed by atoms with E-state index in [0.29, 0.717) is 29.5 Å². The van der Waals surface area contributed by atoms with Crippen LogP contribution >= 0.6 is 11.6 Å². The van der Waals surface area contributed by atoms with Crippen molar-refractivity contribution in [1.82, 2.24) is 4.90 Å². The number of anilines is 1. The van der Waals surface area contributed by atoms with E-state index in [9.17, 15) is 4.79 Å². The molecule has 0 aliphatic carbocycles. The number of amides is 1. The number of hydrogen-bond acceptors (Lipinski definition) is 3. The minimum absolute atomic E-state index is 0.519. The van der Waals surface area contributed by atoms with Crippen molar-refractivity contribution in [2.75, 3.05) is 31.6 Å². The highest BCUT2D eigenvalue weighted by atomic mass is 35.5. The number of rotatable bonds is 6. The van der Waals surface area contributed by atoms with Crippen molar-refractivity contribution in [1.29, 1.82) is 0 Å². The smallest absolute Gasteiger partial charge is 0.211 e. The van der Waals surface area contributed by atoms with Gasteiger partial charge in [-0.05, 0) is 44.1 Å². The Morgan fingerprint density at radius 1 is 1.32 bits per heavy atom. The van der Waals surface area contributed by atoms with Crippen LogP contribution in [0, 0.1) is 0 Å². The summed E-state index contributed by atoms with van der Waals surface area (Å²) in [6.07, 6.45) is 4.54. The third kappa shape index (κ3) is 4.40. The molecule has 19 heavy (non-hydrogen) atoms. The predicted molar refractivity (Wildman–Crippen MR) is 76.9 cm³/mol. The lowest BCUT2D eigenvalue weighted by atomic mass is 10.1. The Morgan fingerprint density at radius 3 is 2.79 bits per heavy atom. The van der Waals surface area contributed by atoms with E-state index in [4.69, 9.17) is 16.3 Å². The van der Waals surface area contributed by atoms with Crippen LogP contribution in [-0.4, -0.2) is 37.6 Å². The number of nitrogens with zero attached hydrogens (tertiary/aromatic N) is 1. The number of carbonyl (C=O) groups is 1. The third-order valence-electron chi connectivity index (χ3n) is 3.27. The maximum absolute atomic E-state index is 10.3. The van der Waals surface area contributed by atoms with Crippen LogP contribution in [0.2, 0.25) is 5.02 Å². The molecule has 1 aliphatic rings. The molecule has 4 nitrogen and oxygen atoms in total. The van der Waals surface area contributed by atoms with E-state index in [1.165, 1.54) is 32.4 Å². The summed E-state index contributed by atoms with van der Waals surface area (Å²) in [5.74, 6) is 0.662. The molecule has 1 amide bonds. The molecule has 1 aromatic carbocycles. The van der Waals surface area contributed by atoms with Gasteiger partial charge in [0.05, 0.1) is 5.02 Å². The average molecular weight is 283 g/mol. The van der Waals surface area contributed by atoms with Gasteiger partial charge in [-0.25, -0.2) is 0 Å². The molecule has 0 unspecified atom stereocenters. The molecule has 0 radical (unpaired) electrons. The van der Waals surface area contributed by atoms with Crippen molar-refractivity contribution in [3.63, 3.8) is 0 Å². The molecule has 104 valence electrons. The molecule has 0 aromatic heterocycles. The van der Waals surface area contributed by atoms with Crippen LogP contribution in [0.25, 0.3) is 0 Å². The van der Waals surface area contributed by atoms with Gasteiger partial charge >= 0.3 is 0 Å². The summed E-state index contributed by atoms with van der Waals surface area (Å²) in [5, 5.41) is 3.07. The van der Waals surface area contributed by atoms with Crippen molar-refractivity contribution in [2.24, 2.45) is 0 Å². The first kappa shape index (κ1) is 14.2. The van der Waals surface area contributed by atoms with Crippen LogP contribution in [-0.2, 0) is 4.79 Å². The van der Waals surface area contributed by atoms with Gasteiger partial charge in [-0.2, -0.15) is 0 Å². The number of nitrogens with one attached hydrogen (secondary N) is 1. The topological polar surface area (TPSA) is 41.6 Å². The Morgan fingerprint density at radius 2 is 2.11 bits per heavy atom. The summed E-state index contributed by atoms with van der Waals surface area (Å²) in [5.41, 5.74) is 0.670. The Labute approximate surface area is 118 Å². The monoisotopic (exact) mass is 282 g/mol. The fourth-order valence-electron chi connectivity index (χ4n) is 2.24. The molecule has 2 rings (SSSR count). The molecule has 1 aliphatic heterocycles. The van der Waals surface area contributed by atoms with E-state index in [1.807, 2.05) is 0 Å².